The number of anilines is 1. The van der Waals surface area contributed by atoms with Gasteiger partial charge in [-0.3, -0.25) is 10.1 Å². The number of para-hydroxylation sites is 1. The molecule has 1 heterocycles. The summed E-state index contributed by atoms with van der Waals surface area (Å²) in [6, 6.07) is 22.9. The van der Waals surface area contributed by atoms with Gasteiger partial charge in [-0.15, -0.1) is 11.3 Å². The van der Waals surface area contributed by atoms with Gasteiger partial charge in [0.15, 0.2) is 5.13 Å². The van der Waals surface area contributed by atoms with Crippen LogP contribution in [0.1, 0.15) is 21.5 Å². The van der Waals surface area contributed by atoms with Gasteiger partial charge in [0, 0.05) is 16.5 Å². The van der Waals surface area contributed by atoms with Crippen LogP contribution in [0.3, 0.4) is 0 Å². The fourth-order valence-corrected chi connectivity index (χ4v) is 3.64. The molecule has 1 N–H and O–H groups in total. The molecule has 4 aromatic rings. The zero-order valence-corrected chi connectivity index (χ0v) is 17.0. The lowest BCUT2D eigenvalue weighted by Crippen LogP contribution is -2.11. The van der Waals surface area contributed by atoms with Crippen LogP contribution in [0.4, 0.5) is 5.13 Å². The largest absolute Gasteiger partial charge is 0.457 e. The predicted octanol–water partition coefficient (Wildman–Crippen LogP) is 6.47. The molecule has 0 unspecified atom stereocenters. The molecule has 3 aromatic carbocycles. The van der Waals surface area contributed by atoms with Crippen molar-refractivity contribution in [2.24, 2.45) is 0 Å². The fraction of sp³-hybridized carbons (Fsp3) is 0.0833. The van der Waals surface area contributed by atoms with Crippen LogP contribution in [0.25, 0.3) is 11.3 Å². The minimum atomic E-state index is -0.196. The number of thiazole rings is 1. The smallest absolute Gasteiger partial charge is 0.257 e. The Morgan fingerprint density at radius 2 is 1.66 bits per heavy atom. The molecule has 1 aromatic heterocycles. The number of rotatable bonds is 5. The van der Waals surface area contributed by atoms with Gasteiger partial charge in [-0.05, 0) is 61.9 Å². The second-order valence-electron chi connectivity index (χ2n) is 6.75. The highest BCUT2D eigenvalue weighted by Crippen LogP contribution is 2.28. The second-order valence-corrected chi connectivity index (χ2v) is 7.61. The van der Waals surface area contributed by atoms with E-state index < -0.39 is 0 Å². The van der Waals surface area contributed by atoms with Crippen molar-refractivity contribution in [3.05, 3.63) is 94.9 Å². The Labute approximate surface area is 173 Å². The third-order valence-corrected chi connectivity index (χ3v) is 5.25. The van der Waals surface area contributed by atoms with Crippen LogP contribution in [0.5, 0.6) is 11.5 Å². The number of aryl methyl sites for hydroxylation is 2. The third kappa shape index (κ3) is 4.52. The first-order valence-corrected chi connectivity index (χ1v) is 10.1. The van der Waals surface area contributed by atoms with Crippen LogP contribution in [-0.2, 0) is 0 Å². The highest BCUT2D eigenvalue weighted by atomic mass is 32.1. The summed E-state index contributed by atoms with van der Waals surface area (Å²) in [4.78, 5) is 17.1. The van der Waals surface area contributed by atoms with E-state index in [4.69, 9.17) is 4.74 Å². The summed E-state index contributed by atoms with van der Waals surface area (Å²) in [5.74, 6) is 1.24. The molecule has 144 valence electrons. The molecule has 0 atom stereocenters. The molecule has 4 nitrogen and oxygen atoms in total. The number of carbonyl (C=O) groups excluding carboxylic acids is 1. The first-order chi connectivity index (χ1) is 14.1. The predicted molar refractivity (Wildman–Crippen MR) is 118 cm³/mol. The molecule has 0 aliphatic rings. The quantitative estimate of drug-likeness (QED) is 0.417. The Balaban J connectivity index is 1.44. The van der Waals surface area contributed by atoms with Gasteiger partial charge in [-0.2, -0.15) is 0 Å². The lowest BCUT2D eigenvalue weighted by molar-refractivity contribution is 0.102. The monoisotopic (exact) mass is 400 g/mol. The number of amides is 1. The summed E-state index contributed by atoms with van der Waals surface area (Å²) >= 11 is 1.42. The highest BCUT2D eigenvalue weighted by molar-refractivity contribution is 7.14. The molecule has 0 fully saturated rings. The zero-order chi connectivity index (χ0) is 20.2. The molecular weight excluding hydrogens is 380 g/mol. The van der Waals surface area contributed by atoms with Crippen molar-refractivity contribution in [3.8, 4) is 22.8 Å². The Bertz CT molecular complexity index is 1140. The topological polar surface area (TPSA) is 51.2 Å². The van der Waals surface area contributed by atoms with Crippen molar-refractivity contribution < 1.29 is 9.53 Å². The molecule has 0 radical (unpaired) electrons. The molecule has 0 bridgehead atoms. The van der Waals surface area contributed by atoms with E-state index in [1.54, 1.807) is 24.3 Å². The van der Waals surface area contributed by atoms with Crippen LogP contribution in [0, 0.1) is 13.8 Å². The average Bonchev–Trinajstić information content (AvgIpc) is 3.19. The van der Waals surface area contributed by atoms with E-state index in [0.717, 1.165) is 22.6 Å². The van der Waals surface area contributed by atoms with E-state index in [0.29, 0.717) is 16.4 Å². The lowest BCUT2D eigenvalue weighted by Gasteiger charge is -2.07. The number of hydrogen-bond acceptors (Lipinski definition) is 4. The first kappa shape index (κ1) is 18.9. The highest BCUT2D eigenvalue weighted by Gasteiger charge is 2.12. The lowest BCUT2D eigenvalue weighted by atomic mass is 10.0. The standard InChI is InChI=1S/C24H20N2O2S/c1-16-8-9-17(2)21(14-16)22-15-29-24(25-22)26-23(27)18-10-12-20(13-11-18)28-19-6-4-3-5-7-19/h3-15H,1-2H3,(H,25,26,27). The number of nitrogens with zero attached hydrogens (tertiary/aromatic N) is 1. The van der Waals surface area contributed by atoms with Gasteiger partial charge >= 0.3 is 0 Å². The zero-order valence-electron chi connectivity index (χ0n) is 16.2. The summed E-state index contributed by atoms with van der Waals surface area (Å²) in [6.07, 6.45) is 0. The molecule has 0 saturated carbocycles. The maximum atomic E-state index is 12.6. The Hall–Kier alpha value is -3.44. The Kier molecular flexibility index (Phi) is 5.40. The van der Waals surface area contributed by atoms with Crippen LogP contribution in [0.2, 0.25) is 0 Å². The molecule has 4 rings (SSSR count). The van der Waals surface area contributed by atoms with E-state index in [1.165, 1.54) is 16.9 Å². The fourth-order valence-electron chi connectivity index (χ4n) is 2.93. The van der Waals surface area contributed by atoms with Gasteiger partial charge in [-0.25, -0.2) is 4.98 Å². The van der Waals surface area contributed by atoms with Gasteiger partial charge in [0.05, 0.1) is 5.69 Å². The van der Waals surface area contributed by atoms with Crippen molar-refractivity contribution in [3.63, 3.8) is 0 Å². The van der Waals surface area contributed by atoms with E-state index in [2.05, 4.69) is 42.3 Å². The van der Waals surface area contributed by atoms with E-state index in [9.17, 15) is 4.79 Å². The molecule has 1 amide bonds. The van der Waals surface area contributed by atoms with Crippen molar-refractivity contribution >= 4 is 22.4 Å². The van der Waals surface area contributed by atoms with Crippen molar-refractivity contribution in [1.29, 1.82) is 0 Å². The summed E-state index contributed by atoms with van der Waals surface area (Å²) in [5.41, 5.74) is 4.85. The Morgan fingerprint density at radius 1 is 0.931 bits per heavy atom. The summed E-state index contributed by atoms with van der Waals surface area (Å²) in [5, 5.41) is 5.42. The molecule has 0 aliphatic carbocycles. The van der Waals surface area contributed by atoms with Gasteiger partial charge in [-0.1, -0.05) is 35.9 Å². The second kappa shape index (κ2) is 8.29. The molecule has 29 heavy (non-hydrogen) atoms. The molecule has 5 heteroatoms. The third-order valence-electron chi connectivity index (χ3n) is 4.49. The van der Waals surface area contributed by atoms with Crippen LogP contribution in [0.15, 0.2) is 78.2 Å². The Morgan fingerprint density at radius 3 is 2.41 bits per heavy atom. The molecule has 0 aliphatic heterocycles. The summed E-state index contributed by atoms with van der Waals surface area (Å²) in [6.45, 7) is 4.12. The van der Waals surface area contributed by atoms with Crippen LogP contribution < -0.4 is 10.1 Å². The molecule has 0 saturated heterocycles. The minimum absolute atomic E-state index is 0.196. The van der Waals surface area contributed by atoms with Crippen LogP contribution in [-0.4, -0.2) is 10.9 Å². The number of aromatic nitrogens is 1. The molecule has 0 spiro atoms. The van der Waals surface area contributed by atoms with Gasteiger partial charge < -0.3 is 4.74 Å². The number of nitrogens with one attached hydrogen (secondary N) is 1. The van der Waals surface area contributed by atoms with Crippen molar-refractivity contribution in [2.45, 2.75) is 13.8 Å². The van der Waals surface area contributed by atoms with Crippen molar-refractivity contribution in [2.75, 3.05) is 5.32 Å². The summed E-state index contributed by atoms with van der Waals surface area (Å²) < 4.78 is 5.76. The van der Waals surface area contributed by atoms with Gasteiger partial charge in [0.2, 0.25) is 0 Å². The normalized spacial score (nSPS) is 10.6. The number of ether oxygens (including phenoxy) is 1. The van der Waals surface area contributed by atoms with E-state index in [-0.39, 0.29) is 5.91 Å². The molecular formula is C24H20N2O2S. The minimum Gasteiger partial charge on any atom is -0.457 e. The number of carbonyl (C=O) groups is 1. The number of hydrogen-bond donors (Lipinski definition) is 1. The number of benzene rings is 3. The van der Waals surface area contributed by atoms with Gasteiger partial charge in [0.1, 0.15) is 11.5 Å². The van der Waals surface area contributed by atoms with Crippen molar-refractivity contribution in [1.82, 2.24) is 4.98 Å². The SMILES string of the molecule is Cc1ccc(C)c(-c2csc(NC(=O)c3ccc(Oc4ccccc4)cc3)n2)c1. The van der Waals surface area contributed by atoms with Crippen LogP contribution >= 0.6 is 11.3 Å². The first-order valence-electron chi connectivity index (χ1n) is 9.26. The average molecular weight is 401 g/mol. The van der Waals surface area contributed by atoms with E-state index in [1.807, 2.05) is 35.7 Å². The van der Waals surface area contributed by atoms with E-state index >= 15 is 0 Å². The summed E-state index contributed by atoms with van der Waals surface area (Å²) in [7, 11) is 0. The van der Waals surface area contributed by atoms with Gasteiger partial charge in [0.25, 0.3) is 5.91 Å². The maximum absolute atomic E-state index is 12.6. The maximum Gasteiger partial charge on any atom is 0.257 e.